The lowest BCUT2D eigenvalue weighted by Crippen LogP contribution is -2.29. The van der Waals surface area contributed by atoms with Crippen LogP contribution < -0.4 is 0 Å². The van der Waals surface area contributed by atoms with Crippen LogP contribution in [0.1, 0.15) is 62.9 Å². The number of carbonyl (C=O) groups is 1. The summed E-state index contributed by atoms with van der Waals surface area (Å²) in [5.74, 6) is 1.25. The highest BCUT2D eigenvalue weighted by Gasteiger charge is 2.17. The molecule has 0 aliphatic rings. The van der Waals surface area contributed by atoms with Crippen LogP contribution in [0.15, 0.2) is 28.8 Å². The van der Waals surface area contributed by atoms with E-state index in [1.54, 1.807) is 24.1 Å². The highest BCUT2D eigenvalue weighted by molar-refractivity contribution is 5.76. The van der Waals surface area contributed by atoms with E-state index in [1.807, 2.05) is 20.8 Å². The van der Waals surface area contributed by atoms with E-state index < -0.39 is 0 Å². The maximum atomic E-state index is 13.0. The quantitative estimate of drug-likeness (QED) is 0.771. The number of hydrogen-bond acceptors (Lipinski definition) is 4. The van der Waals surface area contributed by atoms with Gasteiger partial charge in [-0.3, -0.25) is 4.79 Å². The van der Waals surface area contributed by atoms with Crippen molar-refractivity contribution in [3.05, 3.63) is 47.4 Å². The topological polar surface area (TPSA) is 59.2 Å². The summed E-state index contributed by atoms with van der Waals surface area (Å²) in [4.78, 5) is 18.3. The maximum Gasteiger partial charge on any atom is 0.226 e. The van der Waals surface area contributed by atoms with Gasteiger partial charge in [-0.2, -0.15) is 4.98 Å². The molecule has 2 aromatic rings. The molecule has 0 aliphatic carbocycles. The lowest BCUT2D eigenvalue weighted by atomic mass is 10.1. The molecule has 6 heteroatoms. The van der Waals surface area contributed by atoms with Gasteiger partial charge < -0.3 is 9.42 Å². The Hall–Kier alpha value is -2.24. The Balaban J connectivity index is 1.83. The van der Waals surface area contributed by atoms with Gasteiger partial charge in [-0.25, -0.2) is 4.39 Å². The van der Waals surface area contributed by atoms with E-state index in [4.69, 9.17) is 4.52 Å². The third-order valence-electron chi connectivity index (χ3n) is 4.11. The molecule has 0 unspecified atom stereocenters. The number of halogens is 1. The summed E-state index contributed by atoms with van der Waals surface area (Å²) in [6.07, 6.45) is 1.64. The molecular weight excluding hydrogens is 309 g/mol. The second-order valence-corrected chi connectivity index (χ2v) is 6.29. The fourth-order valence-electron chi connectivity index (χ4n) is 2.35. The molecule has 0 bridgehead atoms. The minimum atomic E-state index is -0.278. The second-order valence-electron chi connectivity index (χ2n) is 6.29. The number of amides is 1. The molecule has 24 heavy (non-hydrogen) atoms. The van der Waals surface area contributed by atoms with Crippen molar-refractivity contribution < 1.29 is 13.7 Å². The van der Waals surface area contributed by atoms with Crippen LogP contribution in [0.3, 0.4) is 0 Å². The van der Waals surface area contributed by atoms with Crippen LogP contribution in [-0.2, 0) is 11.2 Å². The Morgan fingerprint density at radius 1 is 1.25 bits per heavy atom. The molecule has 130 valence electrons. The minimum Gasteiger partial charge on any atom is -0.339 e. The van der Waals surface area contributed by atoms with Crippen molar-refractivity contribution in [3.8, 4) is 0 Å². The number of benzene rings is 1. The summed E-state index contributed by atoms with van der Waals surface area (Å²) in [7, 11) is 1.76. The van der Waals surface area contributed by atoms with E-state index in [9.17, 15) is 9.18 Å². The van der Waals surface area contributed by atoms with Gasteiger partial charge in [-0.05, 0) is 31.0 Å². The molecule has 1 aromatic carbocycles. The van der Waals surface area contributed by atoms with E-state index in [2.05, 4.69) is 10.1 Å². The van der Waals surface area contributed by atoms with Gasteiger partial charge in [0.25, 0.3) is 0 Å². The molecule has 0 saturated carbocycles. The molecule has 0 fully saturated rings. The van der Waals surface area contributed by atoms with Crippen LogP contribution in [0.25, 0.3) is 0 Å². The molecule has 0 radical (unpaired) electrons. The SMILES string of the molecule is CC(C)c1noc(CCCC(=O)N(C)[C@H](C)c2ccc(F)cc2)n1. The predicted octanol–water partition coefficient (Wildman–Crippen LogP) is 3.87. The zero-order chi connectivity index (χ0) is 17.7. The van der Waals surface area contributed by atoms with Crippen LogP contribution in [0.5, 0.6) is 0 Å². The lowest BCUT2D eigenvalue weighted by Gasteiger charge is -2.25. The highest BCUT2D eigenvalue weighted by atomic mass is 19.1. The first-order valence-electron chi connectivity index (χ1n) is 8.22. The van der Waals surface area contributed by atoms with Crippen molar-refractivity contribution in [2.24, 2.45) is 0 Å². The van der Waals surface area contributed by atoms with Gasteiger partial charge in [0, 0.05) is 25.8 Å². The van der Waals surface area contributed by atoms with Crippen molar-refractivity contribution in [2.45, 2.75) is 52.0 Å². The van der Waals surface area contributed by atoms with Crippen molar-refractivity contribution in [1.29, 1.82) is 0 Å². The monoisotopic (exact) mass is 333 g/mol. The van der Waals surface area contributed by atoms with Gasteiger partial charge in [0.15, 0.2) is 5.82 Å². The first-order valence-corrected chi connectivity index (χ1v) is 8.22. The number of carbonyl (C=O) groups excluding carboxylic acids is 1. The van der Waals surface area contributed by atoms with Gasteiger partial charge in [0.1, 0.15) is 5.82 Å². The van der Waals surface area contributed by atoms with E-state index in [0.29, 0.717) is 31.0 Å². The average Bonchev–Trinajstić information content (AvgIpc) is 3.03. The van der Waals surface area contributed by atoms with E-state index in [-0.39, 0.29) is 23.7 Å². The average molecular weight is 333 g/mol. The number of nitrogens with zero attached hydrogens (tertiary/aromatic N) is 3. The van der Waals surface area contributed by atoms with Crippen LogP contribution in [0, 0.1) is 5.82 Å². The standard InChI is InChI=1S/C18H24FN3O2/c1-12(2)18-20-16(24-21-18)6-5-7-17(23)22(4)13(3)14-8-10-15(19)11-9-14/h8-13H,5-7H2,1-4H3/t13-/m1/s1. The third kappa shape index (κ3) is 4.63. The van der Waals surface area contributed by atoms with Gasteiger partial charge in [-0.15, -0.1) is 0 Å². The van der Waals surface area contributed by atoms with E-state index >= 15 is 0 Å². The summed E-state index contributed by atoms with van der Waals surface area (Å²) in [6, 6.07) is 6.12. The molecule has 1 aromatic heterocycles. The predicted molar refractivity (Wildman–Crippen MR) is 88.9 cm³/mol. The number of aromatic nitrogens is 2. The molecule has 0 saturated heterocycles. The summed E-state index contributed by atoms with van der Waals surface area (Å²) in [5, 5.41) is 3.91. The fraction of sp³-hybridized carbons (Fsp3) is 0.500. The first kappa shape index (κ1) is 18.1. The zero-order valence-corrected chi connectivity index (χ0v) is 14.6. The molecule has 0 N–H and O–H groups in total. The number of aryl methyl sites for hydroxylation is 1. The van der Waals surface area contributed by atoms with Crippen LogP contribution in [-0.4, -0.2) is 28.0 Å². The van der Waals surface area contributed by atoms with Crippen molar-refractivity contribution in [1.82, 2.24) is 15.0 Å². The summed E-state index contributed by atoms with van der Waals surface area (Å²) >= 11 is 0. The molecule has 0 aliphatic heterocycles. The Bertz CT molecular complexity index is 667. The smallest absolute Gasteiger partial charge is 0.226 e. The first-order chi connectivity index (χ1) is 11.4. The van der Waals surface area contributed by atoms with Gasteiger partial charge in [0.2, 0.25) is 11.8 Å². The van der Waals surface area contributed by atoms with E-state index in [0.717, 1.165) is 5.56 Å². The molecule has 1 amide bonds. The van der Waals surface area contributed by atoms with Crippen molar-refractivity contribution in [2.75, 3.05) is 7.05 Å². The molecule has 0 spiro atoms. The Labute approximate surface area is 141 Å². The Kier molecular flexibility index (Phi) is 6.06. The zero-order valence-electron chi connectivity index (χ0n) is 14.6. The number of rotatable bonds is 7. The van der Waals surface area contributed by atoms with Gasteiger partial charge in [0.05, 0.1) is 6.04 Å². The third-order valence-corrected chi connectivity index (χ3v) is 4.11. The molecule has 2 rings (SSSR count). The van der Waals surface area contributed by atoms with Crippen LogP contribution in [0.2, 0.25) is 0 Å². The van der Waals surface area contributed by atoms with Crippen LogP contribution >= 0.6 is 0 Å². The lowest BCUT2D eigenvalue weighted by molar-refractivity contribution is -0.131. The Morgan fingerprint density at radius 2 is 1.92 bits per heavy atom. The van der Waals surface area contributed by atoms with Gasteiger partial charge in [-0.1, -0.05) is 31.1 Å². The molecule has 5 nitrogen and oxygen atoms in total. The van der Waals surface area contributed by atoms with Gasteiger partial charge >= 0.3 is 0 Å². The normalized spacial score (nSPS) is 12.4. The number of hydrogen-bond donors (Lipinski definition) is 0. The molecular formula is C18H24FN3O2. The molecule has 1 heterocycles. The Morgan fingerprint density at radius 3 is 2.50 bits per heavy atom. The van der Waals surface area contributed by atoms with Crippen LogP contribution in [0.4, 0.5) is 4.39 Å². The summed E-state index contributed by atoms with van der Waals surface area (Å²) in [6.45, 7) is 5.94. The van der Waals surface area contributed by atoms with Crippen molar-refractivity contribution in [3.63, 3.8) is 0 Å². The largest absolute Gasteiger partial charge is 0.339 e. The molecule has 1 atom stereocenters. The maximum absolute atomic E-state index is 13.0. The fourth-order valence-corrected chi connectivity index (χ4v) is 2.35. The van der Waals surface area contributed by atoms with E-state index in [1.165, 1.54) is 12.1 Å². The second kappa shape index (κ2) is 8.04. The van der Waals surface area contributed by atoms with Crippen molar-refractivity contribution >= 4 is 5.91 Å². The highest BCUT2D eigenvalue weighted by Crippen LogP contribution is 2.20. The summed E-state index contributed by atoms with van der Waals surface area (Å²) < 4.78 is 18.2. The minimum absolute atomic E-state index is 0.0374. The summed E-state index contributed by atoms with van der Waals surface area (Å²) in [5.41, 5.74) is 0.908.